The maximum absolute atomic E-state index is 13.7. The number of nitrogens with two attached hydrogens (primary N) is 3. The molecule has 0 rings (SSSR count). The Morgan fingerprint density at radius 3 is 1.46 bits per heavy atom. The number of hydrogen-bond donors (Lipinski definition) is 16. The van der Waals surface area contributed by atoms with E-state index in [2.05, 4.69) is 47.9 Å². The van der Waals surface area contributed by atoms with Crippen molar-refractivity contribution < 1.29 is 82.8 Å². The Bertz CT molecular complexity index is 1920. The molecular formula is C42H72N12O17. The van der Waals surface area contributed by atoms with Crippen LogP contribution in [0.3, 0.4) is 0 Å². The van der Waals surface area contributed by atoms with Crippen molar-refractivity contribution in [3.05, 3.63) is 0 Å². The minimum absolute atomic E-state index is 0.101. The summed E-state index contributed by atoms with van der Waals surface area (Å²) in [6.45, 7) is 9.56. The van der Waals surface area contributed by atoms with Crippen LogP contribution >= 0.6 is 0 Å². The minimum Gasteiger partial charge on any atom is -0.481 e. The molecule has 29 heteroatoms. The predicted molar refractivity (Wildman–Crippen MR) is 247 cm³/mol. The van der Waals surface area contributed by atoms with Crippen molar-refractivity contribution in [2.45, 2.75) is 154 Å². The summed E-state index contributed by atoms with van der Waals surface area (Å²) in [7, 11) is 0. The molecule has 0 aliphatic rings. The zero-order valence-corrected chi connectivity index (χ0v) is 40.8. The van der Waals surface area contributed by atoms with E-state index in [1.54, 1.807) is 41.5 Å². The fourth-order valence-electron chi connectivity index (χ4n) is 6.28. The van der Waals surface area contributed by atoms with Crippen LogP contribution in [0.15, 0.2) is 0 Å². The number of primary amides is 2. The van der Waals surface area contributed by atoms with Crippen LogP contribution in [0.25, 0.3) is 0 Å². The first-order chi connectivity index (χ1) is 32.9. The Hall–Kier alpha value is -7.17. The second kappa shape index (κ2) is 31.9. The van der Waals surface area contributed by atoms with E-state index in [4.69, 9.17) is 17.2 Å². The largest absolute Gasteiger partial charge is 0.481 e. The molecule has 0 aromatic heterocycles. The summed E-state index contributed by atoms with van der Waals surface area (Å²) in [5.74, 6) is -15.3. The molecule has 0 aliphatic heterocycles. The van der Waals surface area contributed by atoms with Crippen molar-refractivity contribution in [3.63, 3.8) is 0 Å². The first kappa shape index (κ1) is 63.8. The van der Waals surface area contributed by atoms with Crippen LogP contribution in [0.4, 0.5) is 4.79 Å². The highest BCUT2D eigenvalue weighted by Gasteiger charge is 2.36. The summed E-state index contributed by atoms with van der Waals surface area (Å²) in [5, 5.41) is 59.4. The van der Waals surface area contributed by atoms with E-state index >= 15 is 0 Å². The van der Waals surface area contributed by atoms with Crippen LogP contribution in [0.1, 0.15) is 99.8 Å². The van der Waals surface area contributed by atoms with Gasteiger partial charge in [0.2, 0.25) is 53.2 Å². The number of carboxylic acid groups (broad SMARTS) is 3. The van der Waals surface area contributed by atoms with Crippen molar-refractivity contribution in [1.29, 1.82) is 0 Å². The lowest BCUT2D eigenvalue weighted by Crippen LogP contribution is -2.61. The highest BCUT2D eigenvalue weighted by Crippen LogP contribution is 2.12. The third-order valence-electron chi connectivity index (χ3n) is 10.8. The highest BCUT2D eigenvalue weighted by atomic mass is 16.4. The second-order valence-corrected chi connectivity index (χ2v) is 17.4. The van der Waals surface area contributed by atoms with Gasteiger partial charge in [-0.1, -0.05) is 48.0 Å². The van der Waals surface area contributed by atoms with Crippen molar-refractivity contribution in [3.8, 4) is 0 Å². The summed E-state index contributed by atoms with van der Waals surface area (Å²) in [5.41, 5.74) is 16.2. The van der Waals surface area contributed by atoms with E-state index in [0.717, 1.165) is 6.92 Å². The molecule has 402 valence electrons. The monoisotopic (exact) mass is 1020 g/mol. The van der Waals surface area contributed by atoms with Crippen molar-refractivity contribution in [2.24, 2.45) is 35.0 Å². The molecule has 10 atom stereocenters. The Morgan fingerprint density at radius 1 is 0.507 bits per heavy atom. The molecule has 0 saturated heterocycles. The molecule has 0 saturated carbocycles. The lowest BCUT2D eigenvalue weighted by atomic mass is 9.97. The standard InChI is InChI=1S/C42H72N12O17/c1-8-20(6)32(41(69)70)53-39(67)31(19(4)5)52-36(64)23(11-13-26(43)56)48-27(57)17-47-34(62)25(16-29(60)61)51-35(63)22(10-9-15-46-42(45)71)50-40(68)33(21(7)55)54-37(65)24(12-14-28(58)59)49-38(66)30(44)18(2)3/h18-25,30-33,55H,8-17,44H2,1-7H3,(H2,43,56)(H,47,62)(H,48,57)(H,49,66)(H,50,68)(H,51,63)(H,52,64)(H,53,67)(H,54,65)(H,58,59)(H,60,61)(H,69,70)(H3,45,46,71)/t20-,21+,22-,23-,24-,25-,30-,31-,32-,33-/m0/s1. The topological polar surface area (TPSA) is 489 Å². The normalized spacial score (nSPS) is 15.3. The van der Waals surface area contributed by atoms with E-state index in [0.29, 0.717) is 6.42 Å². The van der Waals surface area contributed by atoms with Crippen LogP contribution in [0.5, 0.6) is 0 Å². The molecule has 0 radical (unpaired) electrons. The van der Waals surface area contributed by atoms with Crippen molar-refractivity contribution in [1.82, 2.24) is 47.9 Å². The molecule has 0 aliphatic carbocycles. The number of nitrogens with one attached hydrogen (secondary N) is 9. The fraction of sp³-hybridized carbons (Fsp3) is 0.690. The first-order valence-electron chi connectivity index (χ1n) is 22.7. The molecule has 29 nitrogen and oxygen atoms in total. The molecule has 0 bridgehead atoms. The average molecular weight is 1020 g/mol. The zero-order valence-electron chi connectivity index (χ0n) is 40.8. The van der Waals surface area contributed by atoms with Crippen molar-refractivity contribution in [2.75, 3.05) is 13.1 Å². The molecule has 0 aromatic carbocycles. The van der Waals surface area contributed by atoms with Crippen LogP contribution in [0.2, 0.25) is 0 Å². The van der Waals surface area contributed by atoms with Crippen LogP contribution in [0, 0.1) is 17.8 Å². The van der Waals surface area contributed by atoms with Gasteiger partial charge in [0.15, 0.2) is 0 Å². The number of carbonyl (C=O) groups is 13. The number of hydrogen-bond acceptors (Lipinski definition) is 15. The van der Waals surface area contributed by atoms with E-state index in [-0.39, 0.29) is 19.4 Å². The SMILES string of the molecule is CC[C@H](C)[C@H](NC(=O)[C@@H](NC(=O)[C@H](CCC(N)=O)NC(=O)CNC(=O)[C@H](CC(=O)O)NC(=O)[C@H](CCCNC(N)=O)NC(=O)[C@@H](NC(=O)[C@H](CCC(=O)O)NC(=O)[C@@H](N)C(C)C)[C@@H](C)O)C(C)C)C(=O)O. The maximum atomic E-state index is 13.7. The van der Waals surface area contributed by atoms with Crippen LogP contribution in [-0.2, 0) is 57.5 Å². The Labute approximate surface area is 409 Å². The number of aliphatic hydroxyl groups excluding tert-OH is 1. The summed E-state index contributed by atoms with van der Waals surface area (Å²) in [6.07, 6.45) is -4.85. The lowest BCUT2D eigenvalue weighted by molar-refractivity contribution is -0.144. The minimum atomic E-state index is -1.97. The first-order valence-corrected chi connectivity index (χ1v) is 22.7. The zero-order chi connectivity index (χ0) is 54.9. The quantitative estimate of drug-likeness (QED) is 0.0268. The van der Waals surface area contributed by atoms with Crippen LogP contribution < -0.4 is 65.1 Å². The molecule has 0 heterocycles. The second-order valence-electron chi connectivity index (χ2n) is 17.4. The molecule has 11 amide bonds. The van der Waals surface area contributed by atoms with Gasteiger partial charge in [-0.15, -0.1) is 0 Å². The predicted octanol–water partition coefficient (Wildman–Crippen LogP) is -5.30. The number of urea groups is 1. The summed E-state index contributed by atoms with van der Waals surface area (Å²) < 4.78 is 0. The number of aliphatic carboxylic acids is 3. The third-order valence-corrected chi connectivity index (χ3v) is 10.8. The Kier molecular flexibility index (Phi) is 28.6. The van der Waals surface area contributed by atoms with Gasteiger partial charge in [0.1, 0.15) is 42.3 Å². The van der Waals surface area contributed by atoms with E-state index in [1.807, 2.05) is 0 Å². The van der Waals surface area contributed by atoms with E-state index < -0.39 is 188 Å². The lowest BCUT2D eigenvalue weighted by Gasteiger charge is -2.28. The molecule has 0 unspecified atom stereocenters. The number of carboxylic acids is 3. The molecule has 0 aromatic rings. The highest BCUT2D eigenvalue weighted by molar-refractivity contribution is 5.98. The maximum Gasteiger partial charge on any atom is 0.326 e. The van der Waals surface area contributed by atoms with Gasteiger partial charge in [0.05, 0.1) is 25.1 Å². The van der Waals surface area contributed by atoms with Gasteiger partial charge < -0.3 is 85.5 Å². The molecule has 19 N–H and O–H groups in total. The van der Waals surface area contributed by atoms with Gasteiger partial charge in [-0.3, -0.25) is 52.7 Å². The van der Waals surface area contributed by atoms with Gasteiger partial charge in [-0.05, 0) is 50.4 Å². The number of amides is 11. The molecule has 0 spiro atoms. The van der Waals surface area contributed by atoms with Crippen molar-refractivity contribution >= 4 is 77.1 Å². The number of rotatable bonds is 34. The van der Waals surface area contributed by atoms with Crippen LogP contribution in [-0.4, -0.2) is 165 Å². The molecule has 0 fully saturated rings. The van der Waals surface area contributed by atoms with Gasteiger partial charge in [0, 0.05) is 19.4 Å². The Morgan fingerprint density at radius 2 is 0.986 bits per heavy atom. The number of aliphatic hydroxyl groups is 1. The van der Waals surface area contributed by atoms with Gasteiger partial charge >= 0.3 is 23.9 Å². The summed E-state index contributed by atoms with van der Waals surface area (Å²) >= 11 is 0. The molecular weight excluding hydrogens is 945 g/mol. The Balaban J connectivity index is 6.42. The van der Waals surface area contributed by atoms with Gasteiger partial charge in [-0.2, -0.15) is 0 Å². The summed E-state index contributed by atoms with van der Waals surface area (Å²) in [4.78, 5) is 165. The third kappa shape index (κ3) is 24.8. The summed E-state index contributed by atoms with van der Waals surface area (Å²) in [6, 6.07) is -13.4. The van der Waals surface area contributed by atoms with Gasteiger partial charge in [0.25, 0.3) is 0 Å². The van der Waals surface area contributed by atoms with Gasteiger partial charge in [-0.25, -0.2) is 9.59 Å². The fourth-order valence-corrected chi connectivity index (χ4v) is 6.28. The average Bonchev–Trinajstić information content (AvgIpc) is 3.27. The van der Waals surface area contributed by atoms with E-state index in [9.17, 15) is 82.8 Å². The molecule has 71 heavy (non-hydrogen) atoms. The smallest absolute Gasteiger partial charge is 0.326 e. The van der Waals surface area contributed by atoms with E-state index in [1.165, 1.54) is 0 Å². The number of carbonyl (C=O) groups excluding carboxylic acids is 10.